The zero-order valence-electron chi connectivity index (χ0n) is 30.9. The molecule has 0 aliphatic carbocycles. The molecule has 51 heavy (non-hydrogen) atoms. The summed E-state index contributed by atoms with van der Waals surface area (Å²) in [6.45, 7) is 17.6. The van der Waals surface area contributed by atoms with Crippen LogP contribution in [0.2, 0.25) is 0 Å². The van der Waals surface area contributed by atoms with Crippen LogP contribution >= 0.6 is 0 Å². The molecule has 3 aromatic heterocycles. The maximum atomic E-state index is 6.65. The zero-order chi connectivity index (χ0) is 35.1. The molecule has 7 aromatic rings. The minimum atomic E-state index is 0. The molecule has 0 saturated carbocycles. The van der Waals surface area contributed by atoms with Crippen LogP contribution in [0.4, 0.5) is 0 Å². The van der Waals surface area contributed by atoms with Crippen molar-refractivity contribution in [3.63, 3.8) is 0 Å². The summed E-state index contributed by atoms with van der Waals surface area (Å²) >= 11 is 0. The summed E-state index contributed by atoms with van der Waals surface area (Å²) in [6.07, 6.45) is 5.95. The van der Waals surface area contributed by atoms with Crippen molar-refractivity contribution in [2.24, 2.45) is 0 Å². The van der Waals surface area contributed by atoms with E-state index in [1.807, 2.05) is 16.9 Å². The number of pyridine rings is 1. The van der Waals surface area contributed by atoms with E-state index in [-0.39, 0.29) is 27.0 Å². The number of fused-ring (bicyclic) bond motifs is 3. The SMILES string of the molecule is CCCc1ccnc(-n2c3[c-]c(Oc4[c-]c(-n5nc(C)c(-c6c(CC)cc(C)cc6CC)c5C)cc(C(C)C)c4)ccc3c3ccccc32)c1.[Pt+2]. The van der Waals surface area contributed by atoms with Crippen molar-refractivity contribution in [1.29, 1.82) is 0 Å². The topological polar surface area (TPSA) is 44.9 Å². The Morgan fingerprint density at radius 3 is 2.24 bits per heavy atom. The van der Waals surface area contributed by atoms with Gasteiger partial charge in [-0.25, -0.2) is 4.98 Å². The molecule has 0 atom stereocenters. The standard InChI is InChI=1S/C45H46N4O.Pt/c1-9-14-32-19-20-46-43(23-32)48-41-16-13-12-15-39(41)40-18-17-37(27-42(40)48)50-38-25-35(28(4)5)24-36(26-38)49-31(8)44(30(7)47-49)45-33(10-2)21-29(6)22-34(45)11-3;/h12-13,15-25,28H,9-11,14H2,1-8H3;/q-2;+2. The average molecular weight is 854 g/mol. The second-order valence-electron chi connectivity index (χ2n) is 13.8. The van der Waals surface area contributed by atoms with Gasteiger partial charge < -0.3 is 9.30 Å². The van der Waals surface area contributed by atoms with Gasteiger partial charge in [-0.3, -0.25) is 4.68 Å². The molecule has 0 N–H and O–H groups in total. The maximum Gasteiger partial charge on any atom is 2.00 e. The van der Waals surface area contributed by atoms with Gasteiger partial charge in [0.05, 0.1) is 5.69 Å². The second kappa shape index (κ2) is 15.0. The molecule has 6 heteroatoms. The van der Waals surface area contributed by atoms with Crippen molar-refractivity contribution in [1.82, 2.24) is 19.3 Å². The van der Waals surface area contributed by atoms with Gasteiger partial charge >= 0.3 is 21.1 Å². The number of ether oxygens (including phenoxy) is 1. The van der Waals surface area contributed by atoms with Gasteiger partial charge in [0.1, 0.15) is 5.82 Å². The molecule has 0 radical (unpaired) electrons. The first-order valence-electron chi connectivity index (χ1n) is 18.1. The molecule has 0 bridgehead atoms. The fourth-order valence-electron chi connectivity index (χ4n) is 7.43. The van der Waals surface area contributed by atoms with E-state index in [2.05, 4.69) is 139 Å². The van der Waals surface area contributed by atoms with Crippen LogP contribution in [0.15, 0.2) is 79.0 Å². The molecule has 3 heterocycles. The molecule has 0 saturated heterocycles. The number of aromatic nitrogens is 4. The summed E-state index contributed by atoms with van der Waals surface area (Å²) < 4.78 is 10.9. The first kappa shape index (κ1) is 36.3. The van der Waals surface area contributed by atoms with Gasteiger partial charge in [-0.2, -0.15) is 11.2 Å². The molecule has 0 fully saturated rings. The van der Waals surface area contributed by atoms with Crippen LogP contribution < -0.4 is 4.74 Å². The molecule has 5 nitrogen and oxygen atoms in total. The zero-order valence-corrected chi connectivity index (χ0v) is 33.2. The second-order valence-corrected chi connectivity index (χ2v) is 13.8. The van der Waals surface area contributed by atoms with Gasteiger partial charge in [0, 0.05) is 34.5 Å². The van der Waals surface area contributed by atoms with Crippen LogP contribution in [0.1, 0.15) is 86.2 Å². The van der Waals surface area contributed by atoms with E-state index >= 15 is 0 Å². The number of rotatable bonds is 10. The van der Waals surface area contributed by atoms with E-state index in [1.165, 1.54) is 33.4 Å². The summed E-state index contributed by atoms with van der Waals surface area (Å²) in [5, 5.41) is 7.39. The Bertz CT molecular complexity index is 2340. The Labute approximate surface area is 317 Å². The van der Waals surface area contributed by atoms with Crippen molar-refractivity contribution in [2.75, 3.05) is 0 Å². The van der Waals surface area contributed by atoms with Crippen molar-refractivity contribution < 1.29 is 25.8 Å². The molecule has 0 aliphatic heterocycles. The number of para-hydroxylation sites is 1. The van der Waals surface area contributed by atoms with Gasteiger partial charge in [0.15, 0.2) is 0 Å². The Balaban J connectivity index is 0.00000448. The maximum absolute atomic E-state index is 6.65. The molecule has 0 amide bonds. The van der Waals surface area contributed by atoms with Crippen LogP contribution in [0.25, 0.3) is 44.4 Å². The normalized spacial score (nSPS) is 11.5. The van der Waals surface area contributed by atoms with Crippen molar-refractivity contribution in [3.8, 4) is 34.1 Å². The van der Waals surface area contributed by atoms with Gasteiger partial charge in [0.2, 0.25) is 0 Å². The van der Waals surface area contributed by atoms with Crippen LogP contribution in [-0.4, -0.2) is 19.3 Å². The van der Waals surface area contributed by atoms with Crippen LogP contribution in [0.5, 0.6) is 11.5 Å². The summed E-state index contributed by atoms with van der Waals surface area (Å²) in [4.78, 5) is 4.81. The van der Waals surface area contributed by atoms with Gasteiger partial charge in [-0.05, 0) is 97.5 Å². The number of hydrogen-bond acceptors (Lipinski definition) is 3. The van der Waals surface area contributed by atoms with Crippen LogP contribution in [-0.2, 0) is 40.3 Å². The quantitative estimate of drug-likeness (QED) is 0.129. The Kier molecular flexibility index (Phi) is 10.7. The number of aryl methyl sites for hydroxylation is 5. The predicted molar refractivity (Wildman–Crippen MR) is 206 cm³/mol. The van der Waals surface area contributed by atoms with Crippen LogP contribution in [0, 0.1) is 32.9 Å². The minimum absolute atomic E-state index is 0. The Hall–Kier alpha value is -4.47. The third-order valence-corrected chi connectivity index (χ3v) is 9.85. The summed E-state index contributed by atoms with van der Waals surface area (Å²) in [6, 6.07) is 33.1. The first-order chi connectivity index (χ1) is 24.2. The summed E-state index contributed by atoms with van der Waals surface area (Å²) in [5.41, 5.74) is 14.0. The third kappa shape index (κ3) is 6.81. The van der Waals surface area contributed by atoms with E-state index in [0.717, 1.165) is 75.9 Å². The molecule has 4 aromatic carbocycles. The molecule has 7 rings (SSSR count). The number of nitrogens with zero attached hydrogens (tertiary/aromatic N) is 4. The van der Waals surface area contributed by atoms with Gasteiger partial charge in [0.25, 0.3) is 0 Å². The molecule has 262 valence electrons. The van der Waals surface area contributed by atoms with E-state index < -0.39 is 0 Å². The van der Waals surface area contributed by atoms with Crippen molar-refractivity contribution >= 4 is 21.8 Å². The Morgan fingerprint density at radius 2 is 1.53 bits per heavy atom. The fourth-order valence-corrected chi connectivity index (χ4v) is 7.43. The monoisotopic (exact) mass is 853 g/mol. The summed E-state index contributed by atoms with van der Waals surface area (Å²) in [5.74, 6) is 2.44. The smallest absolute Gasteiger partial charge is 0.509 e. The number of benzene rings is 4. The first-order valence-corrected chi connectivity index (χ1v) is 18.1. The molecule has 0 aliphatic rings. The predicted octanol–water partition coefficient (Wildman–Crippen LogP) is 11.5. The minimum Gasteiger partial charge on any atom is -0.509 e. The van der Waals surface area contributed by atoms with Crippen LogP contribution in [0.3, 0.4) is 0 Å². The summed E-state index contributed by atoms with van der Waals surface area (Å²) in [7, 11) is 0. The largest absolute Gasteiger partial charge is 2.00 e. The molecular weight excluding hydrogens is 808 g/mol. The van der Waals surface area contributed by atoms with Crippen molar-refractivity contribution in [3.05, 3.63) is 130 Å². The molecular formula is C45H46N4OPt. The van der Waals surface area contributed by atoms with E-state index in [4.69, 9.17) is 14.8 Å². The third-order valence-electron chi connectivity index (χ3n) is 9.85. The fraction of sp³-hybridized carbons (Fsp3) is 0.289. The van der Waals surface area contributed by atoms with E-state index in [0.29, 0.717) is 11.5 Å². The van der Waals surface area contributed by atoms with Gasteiger partial charge in [-0.15, -0.1) is 41.3 Å². The van der Waals surface area contributed by atoms with E-state index in [9.17, 15) is 0 Å². The van der Waals surface area contributed by atoms with Gasteiger partial charge in [-0.1, -0.05) is 82.5 Å². The number of hydrogen-bond donors (Lipinski definition) is 0. The molecule has 0 unspecified atom stereocenters. The Morgan fingerprint density at radius 1 is 0.784 bits per heavy atom. The van der Waals surface area contributed by atoms with Crippen molar-refractivity contribution in [2.45, 2.75) is 87.0 Å². The molecule has 0 spiro atoms. The van der Waals surface area contributed by atoms with E-state index in [1.54, 1.807) is 0 Å². The average Bonchev–Trinajstić information content (AvgIpc) is 3.60.